The fraction of sp³-hybridized carbons (Fsp3) is 0.294. The number of aromatic nitrogens is 4. The van der Waals surface area contributed by atoms with Crippen LogP contribution in [0.4, 0.5) is 5.95 Å². The van der Waals surface area contributed by atoms with E-state index in [1.54, 1.807) is 23.0 Å². The fourth-order valence-corrected chi connectivity index (χ4v) is 3.06. The molecule has 0 saturated heterocycles. The van der Waals surface area contributed by atoms with Crippen LogP contribution in [0.25, 0.3) is 11.0 Å². The standard InChI is InChI=1S/C17H16Cl2N8O2.ClH/c18-11-2-1-10(5-12(11)19)6-20-17-24-13-7-23-27(15(13)16(28)25-17)3-4-29-8-14-21-9-22-26-14;/h1-2,5,7H,3-4,6,8-9H2,(H2,20,24,25,28);1H. The Balaban J connectivity index is 0.00000256. The highest BCUT2D eigenvalue weighted by Crippen LogP contribution is 2.22. The van der Waals surface area contributed by atoms with Crippen molar-refractivity contribution in [3.63, 3.8) is 0 Å². The summed E-state index contributed by atoms with van der Waals surface area (Å²) in [6, 6.07) is 5.31. The van der Waals surface area contributed by atoms with E-state index < -0.39 is 0 Å². The Labute approximate surface area is 186 Å². The Hall–Kier alpha value is -2.53. The molecule has 1 aromatic carbocycles. The van der Waals surface area contributed by atoms with Crippen LogP contribution in [0.3, 0.4) is 0 Å². The Morgan fingerprint density at radius 2 is 2.13 bits per heavy atom. The van der Waals surface area contributed by atoms with Crippen LogP contribution in [-0.2, 0) is 17.8 Å². The Morgan fingerprint density at radius 3 is 2.90 bits per heavy atom. The minimum atomic E-state index is -0.293. The molecule has 1 aliphatic rings. The second kappa shape index (κ2) is 9.98. The van der Waals surface area contributed by atoms with E-state index in [0.29, 0.717) is 59.2 Å². The highest BCUT2D eigenvalue weighted by atomic mass is 35.5. The van der Waals surface area contributed by atoms with Crippen molar-refractivity contribution in [3.05, 3.63) is 50.4 Å². The molecule has 30 heavy (non-hydrogen) atoms. The summed E-state index contributed by atoms with van der Waals surface area (Å²) in [7, 11) is 0. The van der Waals surface area contributed by atoms with Crippen molar-refractivity contribution < 1.29 is 4.74 Å². The van der Waals surface area contributed by atoms with E-state index in [-0.39, 0.29) is 24.6 Å². The molecule has 0 unspecified atom stereocenters. The maximum Gasteiger partial charge on any atom is 0.278 e. The first-order chi connectivity index (χ1) is 14.1. The lowest BCUT2D eigenvalue weighted by Gasteiger charge is -2.07. The number of halogens is 3. The molecule has 10 nitrogen and oxygen atoms in total. The zero-order valence-electron chi connectivity index (χ0n) is 15.5. The van der Waals surface area contributed by atoms with Crippen LogP contribution in [0, 0.1) is 0 Å². The number of benzene rings is 1. The summed E-state index contributed by atoms with van der Waals surface area (Å²) in [5.41, 5.74) is 1.48. The lowest BCUT2D eigenvalue weighted by Crippen LogP contribution is -2.18. The van der Waals surface area contributed by atoms with E-state index in [0.717, 1.165) is 5.56 Å². The molecule has 0 spiro atoms. The van der Waals surface area contributed by atoms with Crippen LogP contribution in [0.2, 0.25) is 10.0 Å². The molecule has 0 fully saturated rings. The summed E-state index contributed by atoms with van der Waals surface area (Å²) in [6.45, 7) is 1.80. The second-order valence-corrected chi connectivity index (χ2v) is 6.94. The number of amidine groups is 1. The minimum absolute atomic E-state index is 0. The molecule has 3 aromatic rings. The van der Waals surface area contributed by atoms with Crippen molar-refractivity contribution in [1.82, 2.24) is 19.7 Å². The number of aliphatic imine (C=N–C) groups is 1. The lowest BCUT2D eigenvalue weighted by molar-refractivity contribution is 0.159. The number of anilines is 1. The first kappa shape index (κ1) is 22.2. The molecule has 0 aliphatic carbocycles. The second-order valence-electron chi connectivity index (χ2n) is 6.13. The van der Waals surface area contributed by atoms with Gasteiger partial charge in [0.05, 0.1) is 29.4 Å². The first-order valence-electron chi connectivity index (χ1n) is 8.72. The Morgan fingerprint density at radius 1 is 1.27 bits per heavy atom. The van der Waals surface area contributed by atoms with Crippen molar-refractivity contribution in [2.45, 2.75) is 13.1 Å². The van der Waals surface area contributed by atoms with Crippen LogP contribution in [-0.4, -0.2) is 45.5 Å². The predicted octanol–water partition coefficient (Wildman–Crippen LogP) is 3.30. The van der Waals surface area contributed by atoms with Gasteiger partial charge in [0.25, 0.3) is 5.56 Å². The maximum absolute atomic E-state index is 12.5. The number of fused-ring (bicyclic) bond motifs is 1. The van der Waals surface area contributed by atoms with Crippen molar-refractivity contribution in [3.8, 4) is 0 Å². The number of nitrogens with zero attached hydrogens (tertiary/aromatic N) is 6. The average Bonchev–Trinajstić information content (AvgIpc) is 3.36. The molecule has 158 valence electrons. The molecule has 2 N–H and O–H groups in total. The van der Waals surface area contributed by atoms with Gasteiger partial charge in [-0.25, -0.2) is 9.98 Å². The third-order valence-electron chi connectivity index (χ3n) is 4.12. The molecule has 0 amide bonds. The quantitative estimate of drug-likeness (QED) is 0.488. The number of rotatable bonds is 8. The number of aromatic amines is 1. The number of nitrogens with one attached hydrogen (secondary N) is 2. The van der Waals surface area contributed by atoms with Gasteiger partial charge in [-0.05, 0) is 17.7 Å². The summed E-state index contributed by atoms with van der Waals surface area (Å²) < 4.78 is 7.06. The summed E-state index contributed by atoms with van der Waals surface area (Å²) in [4.78, 5) is 23.7. The minimum Gasteiger partial charge on any atom is -0.371 e. The number of ether oxygens (including phenoxy) is 1. The van der Waals surface area contributed by atoms with Gasteiger partial charge in [0, 0.05) is 6.54 Å². The monoisotopic (exact) mass is 470 g/mol. The summed E-state index contributed by atoms with van der Waals surface area (Å²) in [5, 5.41) is 15.8. The molecule has 0 saturated carbocycles. The van der Waals surface area contributed by atoms with E-state index in [1.807, 2.05) is 6.07 Å². The normalized spacial score (nSPS) is 12.8. The molecule has 1 aliphatic heterocycles. The van der Waals surface area contributed by atoms with Crippen LogP contribution in [0.5, 0.6) is 0 Å². The van der Waals surface area contributed by atoms with Gasteiger partial charge >= 0.3 is 0 Å². The highest BCUT2D eigenvalue weighted by Gasteiger charge is 2.11. The van der Waals surface area contributed by atoms with Crippen LogP contribution < -0.4 is 10.9 Å². The zero-order valence-corrected chi connectivity index (χ0v) is 17.8. The predicted molar refractivity (Wildman–Crippen MR) is 117 cm³/mol. The summed E-state index contributed by atoms with van der Waals surface area (Å²) in [6.07, 6.45) is 1.55. The largest absolute Gasteiger partial charge is 0.371 e. The summed E-state index contributed by atoms with van der Waals surface area (Å²) >= 11 is 11.9. The van der Waals surface area contributed by atoms with E-state index in [9.17, 15) is 4.79 Å². The van der Waals surface area contributed by atoms with Gasteiger partial charge in [-0.1, -0.05) is 29.3 Å². The van der Waals surface area contributed by atoms with Gasteiger partial charge in [-0.15, -0.1) is 17.5 Å². The maximum atomic E-state index is 12.5. The molecular formula is C17H17Cl3N8O2. The lowest BCUT2D eigenvalue weighted by atomic mass is 10.2. The van der Waals surface area contributed by atoms with Crippen LogP contribution in [0.1, 0.15) is 5.56 Å². The van der Waals surface area contributed by atoms with E-state index in [4.69, 9.17) is 27.9 Å². The number of azo groups is 1. The highest BCUT2D eigenvalue weighted by molar-refractivity contribution is 6.42. The SMILES string of the molecule is Cl.O=c1[nH]c(NCc2ccc(Cl)c(Cl)c2)nc2cnn(CCOCC3=NCN=N3)c12. The molecule has 0 bridgehead atoms. The van der Waals surface area contributed by atoms with E-state index >= 15 is 0 Å². The third-order valence-corrected chi connectivity index (χ3v) is 4.86. The average molecular weight is 472 g/mol. The fourth-order valence-electron chi connectivity index (χ4n) is 2.74. The van der Waals surface area contributed by atoms with Crippen molar-refractivity contribution >= 4 is 58.4 Å². The van der Waals surface area contributed by atoms with Gasteiger partial charge in [-0.2, -0.15) is 10.2 Å². The van der Waals surface area contributed by atoms with Crippen LogP contribution in [0.15, 0.2) is 44.4 Å². The van der Waals surface area contributed by atoms with Gasteiger partial charge in [-0.3, -0.25) is 14.5 Å². The third kappa shape index (κ3) is 5.14. The van der Waals surface area contributed by atoms with Gasteiger partial charge in [0.1, 0.15) is 12.1 Å². The number of hydrogen-bond acceptors (Lipinski definition) is 8. The molecule has 13 heteroatoms. The van der Waals surface area contributed by atoms with Gasteiger partial charge in [0.15, 0.2) is 18.0 Å². The summed E-state index contributed by atoms with van der Waals surface area (Å²) in [5.74, 6) is 0.904. The molecule has 0 radical (unpaired) electrons. The molecule has 0 atom stereocenters. The van der Waals surface area contributed by atoms with E-state index in [1.165, 1.54) is 0 Å². The van der Waals surface area contributed by atoms with Crippen molar-refractivity contribution in [2.24, 2.45) is 15.2 Å². The van der Waals surface area contributed by atoms with Crippen molar-refractivity contribution in [1.29, 1.82) is 0 Å². The first-order valence-corrected chi connectivity index (χ1v) is 9.48. The Kier molecular flexibility index (Phi) is 7.38. The number of hydrogen-bond donors (Lipinski definition) is 2. The van der Waals surface area contributed by atoms with E-state index in [2.05, 4.69) is 35.6 Å². The molecular weight excluding hydrogens is 455 g/mol. The molecule has 2 aromatic heterocycles. The van der Waals surface area contributed by atoms with Crippen LogP contribution >= 0.6 is 35.6 Å². The molecule has 3 heterocycles. The molecule has 4 rings (SSSR count). The smallest absolute Gasteiger partial charge is 0.278 e. The number of H-pyrrole nitrogens is 1. The topological polar surface area (TPSA) is 122 Å². The zero-order chi connectivity index (χ0) is 20.2. The Bertz CT molecular complexity index is 1160. The van der Waals surface area contributed by atoms with Gasteiger partial charge in [0.2, 0.25) is 5.95 Å². The van der Waals surface area contributed by atoms with Crippen molar-refractivity contribution in [2.75, 3.05) is 25.2 Å². The van der Waals surface area contributed by atoms with Gasteiger partial charge < -0.3 is 10.1 Å².